The second-order valence-corrected chi connectivity index (χ2v) is 6.20. The Bertz CT molecular complexity index is 874. The van der Waals surface area contributed by atoms with E-state index in [-0.39, 0.29) is 18.7 Å². The van der Waals surface area contributed by atoms with Crippen molar-refractivity contribution in [1.29, 1.82) is 0 Å². The standard InChI is InChI=1S/C17H14F2N4O2S/c18-17(19)26-13-4-2-1-3-12(13)21-14(24)5-6-15-22-16(23-25-15)11-7-9-20-10-8-11/h1-4,7-10,17H,5-6H2,(H,21,24). The molecule has 0 aliphatic rings. The molecular weight excluding hydrogens is 362 g/mol. The molecular formula is C17H14F2N4O2S. The van der Waals surface area contributed by atoms with Crippen molar-refractivity contribution in [3.8, 4) is 11.4 Å². The van der Waals surface area contributed by atoms with E-state index in [1.165, 1.54) is 6.07 Å². The third kappa shape index (κ3) is 4.85. The number of alkyl halides is 2. The first-order valence-corrected chi connectivity index (χ1v) is 8.56. The third-order valence-electron chi connectivity index (χ3n) is 3.35. The highest BCUT2D eigenvalue weighted by Gasteiger charge is 2.14. The fourth-order valence-electron chi connectivity index (χ4n) is 2.18. The van der Waals surface area contributed by atoms with E-state index >= 15 is 0 Å². The molecule has 0 aliphatic heterocycles. The van der Waals surface area contributed by atoms with Gasteiger partial charge in [0.2, 0.25) is 17.6 Å². The highest BCUT2D eigenvalue weighted by molar-refractivity contribution is 7.99. The Morgan fingerprint density at radius 2 is 1.96 bits per heavy atom. The lowest BCUT2D eigenvalue weighted by Gasteiger charge is -2.09. The number of hydrogen-bond donors (Lipinski definition) is 1. The molecule has 9 heteroatoms. The molecule has 0 aliphatic carbocycles. The summed E-state index contributed by atoms with van der Waals surface area (Å²) in [5.74, 6) is -2.14. The number of anilines is 1. The van der Waals surface area contributed by atoms with Gasteiger partial charge in [0.15, 0.2) is 0 Å². The smallest absolute Gasteiger partial charge is 0.288 e. The maximum atomic E-state index is 12.6. The topological polar surface area (TPSA) is 80.9 Å². The molecule has 0 saturated carbocycles. The summed E-state index contributed by atoms with van der Waals surface area (Å²) in [6.45, 7) is 0. The Morgan fingerprint density at radius 3 is 2.73 bits per heavy atom. The van der Waals surface area contributed by atoms with Crippen LogP contribution in [-0.4, -0.2) is 26.8 Å². The van der Waals surface area contributed by atoms with Crippen molar-refractivity contribution >= 4 is 23.4 Å². The lowest BCUT2D eigenvalue weighted by molar-refractivity contribution is -0.116. The lowest BCUT2D eigenvalue weighted by atomic mass is 10.2. The number of rotatable bonds is 7. The summed E-state index contributed by atoms with van der Waals surface area (Å²) in [7, 11) is 0. The fraction of sp³-hybridized carbons (Fsp3) is 0.176. The largest absolute Gasteiger partial charge is 0.339 e. The predicted molar refractivity (Wildman–Crippen MR) is 92.8 cm³/mol. The van der Waals surface area contributed by atoms with Gasteiger partial charge in [0.05, 0.1) is 5.69 Å². The van der Waals surface area contributed by atoms with Crippen LogP contribution in [0.1, 0.15) is 12.3 Å². The highest BCUT2D eigenvalue weighted by atomic mass is 32.2. The van der Waals surface area contributed by atoms with Crippen molar-refractivity contribution in [2.45, 2.75) is 23.5 Å². The second kappa shape index (κ2) is 8.52. The number of nitrogens with one attached hydrogen (secondary N) is 1. The number of halogens is 2. The van der Waals surface area contributed by atoms with E-state index in [1.54, 1.807) is 42.7 Å². The van der Waals surface area contributed by atoms with Gasteiger partial charge in [-0.25, -0.2) is 0 Å². The first-order valence-electron chi connectivity index (χ1n) is 7.68. The van der Waals surface area contributed by atoms with Crippen LogP contribution in [0, 0.1) is 0 Å². The summed E-state index contributed by atoms with van der Waals surface area (Å²) in [5.41, 5.74) is 1.11. The molecule has 6 nitrogen and oxygen atoms in total. The monoisotopic (exact) mass is 376 g/mol. The van der Waals surface area contributed by atoms with Gasteiger partial charge < -0.3 is 9.84 Å². The highest BCUT2D eigenvalue weighted by Crippen LogP contribution is 2.31. The van der Waals surface area contributed by atoms with Crippen molar-refractivity contribution in [3.63, 3.8) is 0 Å². The van der Waals surface area contributed by atoms with Gasteiger partial charge in [-0.1, -0.05) is 29.1 Å². The van der Waals surface area contributed by atoms with Crippen molar-refractivity contribution in [3.05, 3.63) is 54.7 Å². The van der Waals surface area contributed by atoms with Gasteiger partial charge in [0.25, 0.3) is 5.76 Å². The predicted octanol–water partition coefficient (Wildman–Crippen LogP) is 4.02. The lowest BCUT2D eigenvalue weighted by Crippen LogP contribution is -2.13. The normalized spacial score (nSPS) is 10.9. The number of aromatic nitrogens is 3. The summed E-state index contributed by atoms with van der Waals surface area (Å²) < 4.78 is 30.3. The molecule has 0 atom stereocenters. The number of benzene rings is 1. The molecule has 1 aromatic carbocycles. The molecule has 0 bridgehead atoms. The van der Waals surface area contributed by atoms with Crippen LogP contribution in [0.2, 0.25) is 0 Å². The molecule has 3 aromatic rings. The summed E-state index contributed by atoms with van der Waals surface area (Å²) in [6.07, 6.45) is 3.57. The molecule has 0 saturated heterocycles. The maximum Gasteiger partial charge on any atom is 0.288 e. The number of amides is 1. The molecule has 0 radical (unpaired) electrons. The second-order valence-electron chi connectivity index (χ2n) is 5.17. The first kappa shape index (κ1) is 18.0. The number of pyridine rings is 1. The Hall–Kier alpha value is -2.81. The van der Waals surface area contributed by atoms with Crippen LogP contribution >= 0.6 is 11.8 Å². The number of hydrogen-bond acceptors (Lipinski definition) is 6. The van der Waals surface area contributed by atoms with E-state index < -0.39 is 5.76 Å². The molecule has 2 aromatic heterocycles. The summed E-state index contributed by atoms with van der Waals surface area (Å²) >= 11 is 0.388. The third-order valence-corrected chi connectivity index (χ3v) is 4.14. The van der Waals surface area contributed by atoms with Crippen molar-refractivity contribution in [2.24, 2.45) is 0 Å². The van der Waals surface area contributed by atoms with Gasteiger partial charge in [0.1, 0.15) is 0 Å². The molecule has 3 rings (SSSR count). The maximum absolute atomic E-state index is 12.6. The van der Waals surface area contributed by atoms with Crippen LogP contribution in [0.25, 0.3) is 11.4 Å². The molecule has 1 amide bonds. The molecule has 2 heterocycles. The van der Waals surface area contributed by atoms with E-state index in [1.807, 2.05) is 0 Å². The number of thioether (sulfide) groups is 1. The zero-order valence-electron chi connectivity index (χ0n) is 13.4. The summed E-state index contributed by atoms with van der Waals surface area (Å²) in [5, 5.41) is 6.50. The Labute approximate surface area is 152 Å². The molecule has 0 unspecified atom stereocenters. The van der Waals surface area contributed by atoms with Gasteiger partial charge in [-0.2, -0.15) is 13.8 Å². The number of carbonyl (C=O) groups excluding carboxylic acids is 1. The van der Waals surface area contributed by atoms with Gasteiger partial charge in [-0.15, -0.1) is 0 Å². The van der Waals surface area contributed by atoms with Crippen LogP contribution in [0.3, 0.4) is 0 Å². The van der Waals surface area contributed by atoms with Gasteiger partial charge >= 0.3 is 0 Å². The molecule has 0 fully saturated rings. The summed E-state index contributed by atoms with van der Waals surface area (Å²) in [4.78, 5) is 20.5. The van der Waals surface area contributed by atoms with E-state index in [4.69, 9.17) is 4.52 Å². The van der Waals surface area contributed by atoms with Gasteiger partial charge in [-0.3, -0.25) is 9.78 Å². The molecule has 1 N–H and O–H groups in total. The number of aryl methyl sites for hydroxylation is 1. The zero-order chi connectivity index (χ0) is 18.4. The van der Waals surface area contributed by atoms with Crippen LogP contribution in [0.5, 0.6) is 0 Å². The minimum atomic E-state index is -2.56. The van der Waals surface area contributed by atoms with E-state index in [0.717, 1.165) is 5.56 Å². The minimum absolute atomic E-state index is 0.0889. The Kier molecular flexibility index (Phi) is 5.90. The summed E-state index contributed by atoms with van der Waals surface area (Å²) in [6, 6.07) is 9.92. The number of para-hydroxylation sites is 1. The van der Waals surface area contributed by atoms with E-state index in [0.29, 0.717) is 34.1 Å². The fourth-order valence-corrected chi connectivity index (χ4v) is 2.77. The van der Waals surface area contributed by atoms with Crippen molar-refractivity contribution in [2.75, 3.05) is 5.32 Å². The van der Waals surface area contributed by atoms with Gasteiger partial charge in [-0.05, 0) is 24.3 Å². The Morgan fingerprint density at radius 1 is 1.19 bits per heavy atom. The SMILES string of the molecule is O=C(CCc1nc(-c2ccncc2)no1)Nc1ccccc1SC(F)F. The van der Waals surface area contributed by atoms with Crippen molar-refractivity contribution < 1.29 is 18.1 Å². The average Bonchev–Trinajstić information content (AvgIpc) is 3.11. The molecule has 0 spiro atoms. The first-order chi connectivity index (χ1) is 12.6. The van der Waals surface area contributed by atoms with Crippen molar-refractivity contribution in [1.82, 2.24) is 15.1 Å². The van der Waals surface area contributed by atoms with E-state index in [2.05, 4.69) is 20.4 Å². The van der Waals surface area contributed by atoms with Crippen LogP contribution < -0.4 is 5.32 Å². The molecule has 134 valence electrons. The van der Waals surface area contributed by atoms with Gasteiger partial charge in [0, 0.05) is 35.7 Å². The quantitative estimate of drug-likeness (QED) is 0.628. The Balaban J connectivity index is 1.58. The zero-order valence-corrected chi connectivity index (χ0v) is 14.2. The number of carbonyl (C=O) groups is 1. The van der Waals surface area contributed by atoms with Crippen LogP contribution in [0.15, 0.2) is 58.2 Å². The van der Waals surface area contributed by atoms with Crippen LogP contribution in [0.4, 0.5) is 14.5 Å². The van der Waals surface area contributed by atoms with Crippen LogP contribution in [-0.2, 0) is 11.2 Å². The number of nitrogens with zero attached hydrogens (tertiary/aromatic N) is 3. The average molecular weight is 376 g/mol. The van der Waals surface area contributed by atoms with E-state index in [9.17, 15) is 13.6 Å². The molecule has 26 heavy (non-hydrogen) atoms. The minimum Gasteiger partial charge on any atom is -0.339 e.